The maximum atomic E-state index is 11.9. The number of hydrogen-bond acceptors (Lipinski definition) is 13. The van der Waals surface area contributed by atoms with Crippen molar-refractivity contribution in [3.63, 3.8) is 0 Å². The Morgan fingerprint density at radius 3 is 2.43 bits per heavy atom. The lowest BCUT2D eigenvalue weighted by Gasteiger charge is -2.10. The summed E-state index contributed by atoms with van der Waals surface area (Å²) in [7, 11) is 4.00. The number of ether oxygens (including phenoxy) is 2. The maximum absolute atomic E-state index is 11.9. The lowest BCUT2D eigenvalue weighted by atomic mass is 10.4. The molecular weight excluding hydrogens is 550 g/mol. The molecular formula is C24H37N13O5. The molecule has 4 aromatic rings. The molecule has 7 N–H and O–H groups in total. The number of nitrogen functional groups attached to an aromatic ring is 2. The molecule has 0 aliphatic carbocycles. The zero-order valence-corrected chi connectivity index (χ0v) is 23.7. The average molecular weight is 588 g/mol. The van der Waals surface area contributed by atoms with Crippen LogP contribution in [-0.4, -0.2) is 116 Å². The van der Waals surface area contributed by atoms with Crippen LogP contribution in [0.2, 0.25) is 0 Å². The molecule has 0 aliphatic rings. The number of amides is 2. The summed E-state index contributed by atoms with van der Waals surface area (Å²) in [5.74, 6) is 0.323. The molecule has 0 unspecified atom stereocenters. The fourth-order valence-corrected chi connectivity index (χ4v) is 3.58. The van der Waals surface area contributed by atoms with Crippen LogP contribution in [0.5, 0.6) is 0 Å². The summed E-state index contributed by atoms with van der Waals surface area (Å²) in [6.45, 7) is 4.96. The molecule has 0 radical (unpaired) electrons. The van der Waals surface area contributed by atoms with Crippen LogP contribution in [0.4, 0.5) is 11.8 Å². The first-order chi connectivity index (χ1) is 20.3. The number of fused-ring (bicyclic) bond motifs is 2. The molecule has 18 nitrogen and oxygen atoms in total. The van der Waals surface area contributed by atoms with Crippen molar-refractivity contribution in [3.8, 4) is 0 Å². The van der Waals surface area contributed by atoms with Gasteiger partial charge in [-0.15, -0.1) is 0 Å². The molecule has 0 saturated carbocycles. The van der Waals surface area contributed by atoms with Gasteiger partial charge in [0.2, 0.25) is 18.3 Å². The Morgan fingerprint density at radius 2 is 1.69 bits per heavy atom. The first kappa shape index (κ1) is 31.8. The number of H-pyrrole nitrogens is 1. The summed E-state index contributed by atoms with van der Waals surface area (Å²) in [4.78, 5) is 57.9. The van der Waals surface area contributed by atoms with Gasteiger partial charge in [0.25, 0.3) is 5.56 Å². The number of nitrogens with two attached hydrogens (primary N) is 2. The number of aryl methyl sites for hydroxylation is 1. The number of imidazole rings is 2. The van der Waals surface area contributed by atoms with E-state index < -0.39 is 0 Å². The number of anilines is 2. The number of aromatic amines is 1. The van der Waals surface area contributed by atoms with E-state index in [1.807, 2.05) is 14.1 Å². The second-order valence-electron chi connectivity index (χ2n) is 9.13. The lowest BCUT2D eigenvalue weighted by Crippen LogP contribution is -2.28. The summed E-state index contributed by atoms with van der Waals surface area (Å²) in [6, 6.07) is 0. The van der Waals surface area contributed by atoms with Crippen molar-refractivity contribution in [2.24, 2.45) is 0 Å². The van der Waals surface area contributed by atoms with Gasteiger partial charge in [-0.25, -0.2) is 19.9 Å². The predicted octanol–water partition coefficient (Wildman–Crippen LogP) is -2.04. The van der Waals surface area contributed by atoms with Gasteiger partial charge in [0.15, 0.2) is 22.6 Å². The number of aromatic nitrogens is 8. The molecule has 4 rings (SSSR count). The highest BCUT2D eigenvalue weighted by Gasteiger charge is 2.10. The second kappa shape index (κ2) is 16.6. The molecule has 0 atom stereocenters. The summed E-state index contributed by atoms with van der Waals surface area (Å²) < 4.78 is 14.3. The third-order valence-electron chi connectivity index (χ3n) is 5.71. The summed E-state index contributed by atoms with van der Waals surface area (Å²) in [5, 5.41) is 5.33. The first-order valence-corrected chi connectivity index (χ1v) is 13.2. The monoisotopic (exact) mass is 587 g/mol. The molecule has 2 amide bonds. The summed E-state index contributed by atoms with van der Waals surface area (Å²) >= 11 is 0. The third kappa shape index (κ3) is 9.75. The number of rotatable bonds is 16. The molecule has 0 saturated heterocycles. The minimum Gasteiger partial charge on any atom is -0.382 e. The first-order valence-electron chi connectivity index (χ1n) is 13.2. The Morgan fingerprint density at radius 1 is 0.976 bits per heavy atom. The van der Waals surface area contributed by atoms with E-state index in [0.29, 0.717) is 88.1 Å². The van der Waals surface area contributed by atoms with Gasteiger partial charge in [-0.2, -0.15) is 4.98 Å². The van der Waals surface area contributed by atoms with E-state index in [0.717, 1.165) is 6.54 Å². The minimum absolute atomic E-state index is 0.0441. The Bertz CT molecular complexity index is 1480. The van der Waals surface area contributed by atoms with Crippen molar-refractivity contribution in [2.75, 3.05) is 71.6 Å². The number of likely N-dealkylation sites (N-methyl/N-ethyl adjacent to an activating group) is 1. The Hall–Kier alpha value is -4.68. The zero-order valence-electron chi connectivity index (χ0n) is 23.7. The number of hydrogen-bond donors (Lipinski definition) is 5. The number of nitrogens with one attached hydrogen (secondary N) is 3. The fourth-order valence-electron chi connectivity index (χ4n) is 3.58. The van der Waals surface area contributed by atoms with Gasteiger partial charge < -0.3 is 45.6 Å². The van der Waals surface area contributed by atoms with Crippen molar-refractivity contribution < 1.29 is 19.1 Å². The molecule has 4 heterocycles. The lowest BCUT2D eigenvalue weighted by molar-refractivity contribution is -0.121. The van der Waals surface area contributed by atoms with Crippen LogP contribution >= 0.6 is 0 Å². The van der Waals surface area contributed by atoms with Crippen LogP contribution < -0.4 is 27.7 Å². The molecule has 18 heteroatoms. The van der Waals surface area contributed by atoms with Gasteiger partial charge in [-0.05, 0) is 14.1 Å². The van der Waals surface area contributed by atoms with Gasteiger partial charge in [0, 0.05) is 39.1 Å². The van der Waals surface area contributed by atoms with E-state index in [9.17, 15) is 14.4 Å². The molecule has 0 spiro atoms. The molecule has 0 aliphatic heterocycles. The topological polar surface area (TPSA) is 239 Å². The van der Waals surface area contributed by atoms with Gasteiger partial charge >= 0.3 is 0 Å². The quantitative estimate of drug-likeness (QED) is 0.0702. The fraction of sp³-hybridized carbons (Fsp3) is 0.500. The van der Waals surface area contributed by atoms with E-state index >= 15 is 0 Å². The Kier molecular flexibility index (Phi) is 12.5. The molecule has 0 aromatic carbocycles. The van der Waals surface area contributed by atoms with Crippen LogP contribution in [0.3, 0.4) is 0 Å². The summed E-state index contributed by atoms with van der Waals surface area (Å²) in [5.41, 5.74) is 12.6. The van der Waals surface area contributed by atoms with Crippen molar-refractivity contribution in [1.29, 1.82) is 0 Å². The summed E-state index contributed by atoms with van der Waals surface area (Å²) in [6.07, 6.45) is 5.41. The van der Waals surface area contributed by atoms with Crippen molar-refractivity contribution in [2.45, 2.75) is 19.5 Å². The minimum atomic E-state index is -0.371. The van der Waals surface area contributed by atoms with Crippen LogP contribution in [-0.2, 0) is 32.2 Å². The number of carbonyl (C=O) groups excluding carboxylic acids is 2. The normalized spacial score (nSPS) is 11.0. The van der Waals surface area contributed by atoms with E-state index in [1.165, 1.54) is 12.7 Å². The number of carbonyl (C=O) groups is 2. The maximum Gasteiger partial charge on any atom is 0.280 e. The van der Waals surface area contributed by atoms with Crippen LogP contribution in [0.25, 0.3) is 22.3 Å². The molecule has 0 bridgehead atoms. The van der Waals surface area contributed by atoms with Gasteiger partial charge in [0.05, 0.1) is 39.1 Å². The van der Waals surface area contributed by atoms with Crippen molar-refractivity contribution >= 4 is 46.4 Å². The third-order valence-corrected chi connectivity index (χ3v) is 5.71. The smallest absolute Gasteiger partial charge is 0.280 e. The SMILES string of the molecule is CN(C)CCOCCOCCNC(=O)CCn1cnc2c(N)ncnc21.Nc1nc2c(ncn2CCNC=O)c(=O)[nH]1. The predicted molar refractivity (Wildman–Crippen MR) is 154 cm³/mol. The van der Waals surface area contributed by atoms with Gasteiger partial charge in [0.1, 0.15) is 11.8 Å². The molecule has 0 fully saturated rings. The van der Waals surface area contributed by atoms with E-state index in [2.05, 4.69) is 45.4 Å². The largest absolute Gasteiger partial charge is 0.382 e. The highest BCUT2D eigenvalue weighted by molar-refractivity contribution is 5.81. The molecule has 42 heavy (non-hydrogen) atoms. The van der Waals surface area contributed by atoms with E-state index in [1.54, 1.807) is 15.5 Å². The van der Waals surface area contributed by atoms with Crippen LogP contribution in [0.15, 0.2) is 23.8 Å². The van der Waals surface area contributed by atoms with Gasteiger partial charge in [-0.1, -0.05) is 0 Å². The Labute approximate surface area is 240 Å². The molecule has 228 valence electrons. The second-order valence-corrected chi connectivity index (χ2v) is 9.13. The highest BCUT2D eigenvalue weighted by Crippen LogP contribution is 2.14. The average Bonchev–Trinajstić information content (AvgIpc) is 3.56. The number of nitrogens with zero attached hydrogens (tertiary/aromatic N) is 8. The van der Waals surface area contributed by atoms with Crippen molar-refractivity contribution in [1.82, 2.24) is 54.6 Å². The van der Waals surface area contributed by atoms with E-state index in [-0.39, 0.29) is 22.9 Å². The van der Waals surface area contributed by atoms with Crippen molar-refractivity contribution in [3.05, 3.63) is 29.3 Å². The Balaban J connectivity index is 0.000000258. The van der Waals surface area contributed by atoms with Gasteiger partial charge in [-0.3, -0.25) is 19.4 Å². The standard InChI is InChI=1S/C16H27N7O3.C8H10N6O2/c1-22(2)6-8-26-10-9-25-7-4-18-13(24)3-5-23-12-21-14-15(17)19-11-20-16(14)23;9-8-12-6-5(7(16)13-8)11-3-14(6)2-1-10-4-15/h11-12H,3-10H2,1-2H3,(H,18,24)(H2,17,19,20);3-4H,1-2H2,(H,10,15)(H3,9,12,13,16). The van der Waals surface area contributed by atoms with E-state index in [4.69, 9.17) is 20.9 Å². The van der Waals surface area contributed by atoms with Crippen LogP contribution in [0.1, 0.15) is 6.42 Å². The zero-order chi connectivity index (χ0) is 30.3. The molecule has 4 aromatic heterocycles. The van der Waals surface area contributed by atoms with Crippen LogP contribution in [0, 0.1) is 0 Å². The highest BCUT2D eigenvalue weighted by atomic mass is 16.5.